The minimum absolute atomic E-state index is 0.0680. The minimum atomic E-state index is -0.736. The van der Waals surface area contributed by atoms with E-state index < -0.39 is 12.1 Å². The maximum absolute atomic E-state index is 12.1. The Hall–Kier alpha value is -2.12. The molecule has 1 aliphatic rings. The van der Waals surface area contributed by atoms with E-state index in [9.17, 15) is 9.59 Å². The molecule has 1 heterocycles. The third-order valence-corrected chi connectivity index (χ3v) is 4.83. The summed E-state index contributed by atoms with van der Waals surface area (Å²) in [5, 5.41) is 11.6. The quantitative estimate of drug-likeness (QED) is 0.609. The van der Waals surface area contributed by atoms with E-state index in [0.29, 0.717) is 6.42 Å². The highest BCUT2D eigenvalue weighted by Crippen LogP contribution is 2.15. The first-order chi connectivity index (χ1) is 13.1. The topological polar surface area (TPSA) is 88.1 Å². The Morgan fingerprint density at radius 1 is 1.22 bits per heavy atom. The number of carbonyl (C=O) groups excluding carboxylic acids is 1. The number of methoxy groups -OCH3 is 1. The van der Waals surface area contributed by atoms with E-state index in [4.69, 9.17) is 14.6 Å². The van der Waals surface area contributed by atoms with Crippen molar-refractivity contribution in [2.45, 2.75) is 50.9 Å². The Balaban J connectivity index is 1.67. The SMILES string of the molecule is CO[C@H]1CN(CCCCCC(=O)O)CC[C@H]1NC(=O)OCc1ccccc1. The van der Waals surface area contributed by atoms with Crippen LogP contribution in [0.15, 0.2) is 30.3 Å². The van der Waals surface area contributed by atoms with Crippen molar-refractivity contribution < 1.29 is 24.2 Å². The van der Waals surface area contributed by atoms with Gasteiger partial charge in [0.25, 0.3) is 0 Å². The Labute approximate surface area is 160 Å². The molecule has 1 saturated heterocycles. The first kappa shape index (κ1) is 21.2. The van der Waals surface area contributed by atoms with Crippen molar-refractivity contribution in [1.82, 2.24) is 10.2 Å². The average molecular weight is 378 g/mol. The molecule has 2 N–H and O–H groups in total. The number of piperidine rings is 1. The van der Waals surface area contributed by atoms with Crippen LogP contribution in [0.25, 0.3) is 0 Å². The number of amides is 1. The molecule has 1 aromatic rings. The van der Waals surface area contributed by atoms with Crippen LogP contribution in [-0.2, 0) is 20.9 Å². The fraction of sp³-hybridized carbons (Fsp3) is 0.600. The molecule has 0 aliphatic carbocycles. The lowest BCUT2D eigenvalue weighted by Crippen LogP contribution is -2.54. The van der Waals surface area contributed by atoms with Gasteiger partial charge in [-0.1, -0.05) is 36.8 Å². The van der Waals surface area contributed by atoms with E-state index in [2.05, 4.69) is 10.2 Å². The van der Waals surface area contributed by atoms with Gasteiger partial charge in [-0.25, -0.2) is 4.79 Å². The zero-order valence-electron chi connectivity index (χ0n) is 15.9. The summed E-state index contributed by atoms with van der Waals surface area (Å²) < 4.78 is 10.9. The van der Waals surface area contributed by atoms with Crippen LogP contribution in [0, 0.1) is 0 Å². The number of ether oxygens (including phenoxy) is 2. The average Bonchev–Trinajstić information content (AvgIpc) is 2.67. The highest BCUT2D eigenvalue weighted by atomic mass is 16.5. The summed E-state index contributed by atoms with van der Waals surface area (Å²) in [6.45, 7) is 2.80. The van der Waals surface area contributed by atoms with Crippen LogP contribution < -0.4 is 5.32 Å². The Morgan fingerprint density at radius 2 is 2.00 bits per heavy atom. The van der Waals surface area contributed by atoms with Crippen molar-refractivity contribution >= 4 is 12.1 Å². The fourth-order valence-corrected chi connectivity index (χ4v) is 3.29. The zero-order chi connectivity index (χ0) is 19.5. The van der Waals surface area contributed by atoms with Crippen molar-refractivity contribution in [3.63, 3.8) is 0 Å². The Bertz CT molecular complexity index is 581. The van der Waals surface area contributed by atoms with Crippen molar-refractivity contribution in [3.05, 3.63) is 35.9 Å². The molecule has 1 aliphatic heterocycles. The van der Waals surface area contributed by atoms with E-state index >= 15 is 0 Å². The normalized spacial score (nSPS) is 20.2. The lowest BCUT2D eigenvalue weighted by Gasteiger charge is -2.37. The number of benzene rings is 1. The van der Waals surface area contributed by atoms with E-state index in [-0.39, 0.29) is 25.2 Å². The summed E-state index contributed by atoms with van der Waals surface area (Å²) in [6, 6.07) is 9.51. The van der Waals surface area contributed by atoms with E-state index in [1.807, 2.05) is 30.3 Å². The van der Waals surface area contributed by atoms with Crippen LogP contribution in [0.4, 0.5) is 4.79 Å². The molecule has 1 aromatic carbocycles. The van der Waals surface area contributed by atoms with Gasteiger partial charge in [0.15, 0.2) is 0 Å². The lowest BCUT2D eigenvalue weighted by molar-refractivity contribution is -0.137. The van der Waals surface area contributed by atoms with E-state index in [1.54, 1.807) is 7.11 Å². The molecule has 2 rings (SSSR count). The number of hydrogen-bond acceptors (Lipinski definition) is 5. The van der Waals surface area contributed by atoms with Crippen LogP contribution in [0.2, 0.25) is 0 Å². The number of hydrogen-bond donors (Lipinski definition) is 2. The number of aliphatic carboxylic acids is 1. The standard InChI is InChI=1S/C20H30N2O5/c1-26-18-14-22(12-7-3-6-10-19(23)24)13-11-17(18)21-20(25)27-15-16-8-4-2-5-9-16/h2,4-5,8-9,17-18H,3,6-7,10-15H2,1H3,(H,21,25)(H,23,24)/t17-,18+/m1/s1. The van der Waals surface area contributed by atoms with Crippen LogP contribution in [0.1, 0.15) is 37.7 Å². The molecule has 2 atom stereocenters. The number of carboxylic acids is 1. The number of carbonyl (C=O) groups is 2. The van der Waals surface area contributed by atoms with Gasteiger partial charge >= 0.3 is 12.1 Å². The molecule has 7 nitrogen and oxygen atoms in total. The monoisotopic (exact) mass is 378 g/mol. The second-order valence-corrected chi connectivity index (χ2v) is 6.88. The predicted molar refractivity (Wildman–Crippen MR) is 102 cm³/mol. The van der Waals surface area contributed by atoms with Crippen LogP contribution >= 0.6 is 0 Å². The molecule has 27 heavy (non-hydrogen) atoms. The molecule has 0 spiro atoms. The van der Waals surface area contributed by atoms with E-state index in [1.165, 1.54) is 0 Å². The van der Waals surface area contributed by atoms with Crippen LogP contribution in [0.5, 0.6) is 0 Å². The predicted octanol–water partition coefficient (Wildman–Crippen LogP) is 2.65. The largest absolute Gasteiger partial charge is 0.481 e. The van der Waals surface area contributed by atoms with Gasteiger partial charge in [0.2, 0.25) is 0 Å². The summed E-state index contributed by atoms with van der Waals surface area (Å²) >= 11 is 0. The third-order valence-electron chi connectivity index (χ3n) is 4.83. The second-order valence-electron chi connectivity index (χ2n) is 6.88. The highest BCUT2D eigenvalue weighted by Gasteiger charge is 2.30. The molecule has 0 bridgehead atoms. The van der Waals surface area contributed by atoms with Gasteiger partial charge in [-0.3, -0.25) is 4.79 Å². The highest BCUT2D eigenvalue weighted by molar-refractivity contribution is 5.67. The lowest BCUT2D eigenvalue weighted by atomic mass is 10.0. The molecule has 150 valence electrons. The molecule has 0 aromatic heterocycles. The molecular weight excluding hydrogens is 348 g/mol. The molecule has 7 heteroatoms. The van der Waals surface area contributed by atoms with Gasteiger partial charge < -0.3 is 24.8 Å². The maximum Gasteiger partial charge on any atom is 0.407 e. The van der Waals surface area contributed by atoms with Gasteiger partial charge in [-0.05, 0) is 31.4 Å². The van der Waals surface area contributed by atoms with Gasteiger partial charge in [0, 0.05) is 26.6 Å². The first-order valence-electron chi connectivity index (χ1n) is 9.52. The minimum Gasteiger partial charge on any atom is -0.481 e. The smallest absolute Gasteiger partial charge is 0.407 e. The van der Waals surface area contributed by atoms with Crippen molar-refractivity contribution in [1.29, 1.82) is 0 Å². The molecule has 0 unspecified atom stereocenters. The van der Waals surface area contributed by atoms with Crippen molar-refractivity contribution in [2.75, 3.05) is 26.7 Å². The Morgan fingerprint density at radius 3 is 2.70 bits per heavy atom. The summed E-state index contributed by atoms with van der Waals surface area (Å²) in [6.07, 6.45) is 3.13. The van der Waals surface area contributed by atoms with Gasteiger partial charge in [0.1, 0.15) is 6.61 Å². The number of rotatable bonds is 10. The molecule has 0 saturated carbocycles. The number of nitrogens with one attached hydrogen (secondary N) is 1. The molecular formula is C20H30N2O5. The van der Waals surface area contributed by atoms with Crippen molar-refractivity contribution in [2.24, 2.45) is 0 Å². The number of alkyl carbamates (subject to hydrolysis) is 1. The molecule has 0 radical (unpaired) electrons. The third kappa shape index (κ3) is 7.97. The van der Waals surface area contributed by atoms with Crippen molar-refractivity contribution in [3.8, 4) is 0 Å². The van der Waals surface area contributed by atoms with E-state index in [0.717, 1.165) is 44.5 Å². The van der Waals surface area contributed by atoms with Crippen LogP contribution in [0.3, 0.4) is 0 Å². The van der Waals surface area contributed by atoms with Gasteiger partial charge in [-0.15, -0.1) is 0 Å². The van der Waals surface area contributed by atoms with Gasteiger partial charge in [-0.2, -0.15) is 0 Å². The Kier molecular flexibility index (Phi) is 9.07. The summed E-state index contributed by atoms with van der Waals surface area (Å²) in [5.74, 6) is -0.736. The van der Waals surface area contributed by atoms with Gasteiger partial charge in [0.05, 0.1) is 12.1 Å². The number of carboxylic acid groups (broad SMARTS) is 1. The summed E-state index contributed by atoms with van der Waals surface area (Å²) in [7, 11) is 1.66. The summed E-state index contributed by atoms with van der Waals surface area (Å²) in [5.41, 5.74) is 0.952. The number of nitrogens with zero attached hydrogens (tertiary/aromatic N) is 1. The molecule has 1 fully saturated rings. The first-order valence-corrected chi connectivity index (χ1v) is 9.52. The number of likely N-dealkylation sites (tertiary alicyclic amines) is 1. The fourth-order valence-electron chi connectivity index (χ4n) is 3.29. The second kappa shape index (κ2) is 11.6. The number of unbranched alkanes of at least 4 members (excludes halogenated alkanes) is 2. The van der Waals surface area contributed by atoms with Crippen LogP contribution in [-0.4, -0.2) is 61.0 Å². The molecule has 1 amide bonds. The maximum atomic E-state index is 12.1. The summed E-state index contributed by atoms with van der Waals surface area (Å²) in [4.78, 5) is 24.9. The zero-order valence-corrected chi connectivity index (χ0v) is 15.9.